The Labute approximate surface area is 121 Å². The molecule has 0 aliphatic carbocycles. The fourth-order valence-corrected chi connectivity index (χ4v) is 1.03. The fourth-order valence-electron chi connectivity index (χ4n) is 1.03. The van der Waals surface area contributed by atoms with Crippen molar-refractivity contribution in [1.82, 2.24) is 5.32 Å². The van der Waals surface area contributed by atoms with Crippen LogP contribution < -0.4 is 5.32 Å². The van der Waals surface area contributed by atoms with Crippen LogP contribution in [0.25, 0.3) is 0 Å². The summed E-state index contributed by atoms with van der Waals surface area (Å²) in [4.78, 5) is 32.4. The lowest BCUT2D eigenvalue weighted by Crippen LogP contribution is -2.51. The number of ether oxygens (including phenoxy) is 2. The van der Waals surface area contributed by atoms with Crippen LogP contribution in [0.15, 0.2) is 0 Å². The monoisotopic (exact) mass is 308 g/mol. The van der Waals surface area contributed by atoms with Gasteiger partial charge in [0.05, 0.1) is 0 Å². The maximum Gasteiger partial charge on any atom is 0.408 e. The van der Waals surface area contributed by atoms with Crippen molar-refractivity contribution in [2.45, 2.75) is 31.9 Å². The number of hydrogen-bond donors (Lipinski definition) is 3. The molecule has 3 N–H and O–H groups in total. The predicted molar refractivity (Wildman–Crippen MR) is 69.1 cm³/mol. The van der Waals surface area contributed by atoms with Crippen molar-refractivity contribution >= 4 is 12.1 Å². The van der Waals surface area contributed by atoms with Gasteiger partial charge in [-0.15, -0.1) is 0 Å². The molecule has 0 aromatic rings. The van der Waals surface area contributed by atoms with Gasteiger partial charge in [-0.05, 0) is 20.8 Å². The first-order valence-electron chi connectivity index (χ1n) is 6.05. The molecule has 0 rings (SSSR count). The number of nitrogens with zero attached hydrogens (tertiary/aromatic N) is 1. The summed E-state index contributed by atoms with van der Waals surface area (Å²) in [5, 5.41) is 30.7. The molecule has 0 heterocycles. The number of nitrogens with one attached hydrogen (secondary N) is 1. The number of carbonyl (C=O) groups is 2. The Morgan fingerprint density at radius 3 is 2.14 bits per heavy atom. The molecule has 10 nitrogen and oxygen atoms in total. The number of hydrogen-bond acceptors (Lipinski definition) is 8. The van der Waals surface area contributed by atoms with E-state index in [2.05, 4.69) is 10.1 Å². The van der Waals surface area contributed by atoms with E-state index in [-0.39, 0.29) is 0 Å². The van der Waals surface area contributed by atoms with Crippen LogP contribution in [-0.4, -0.2) is 64.7 Å². The summed E-state index contributed by atoms with van der Waals surface area (Å²) in [7, 11) is 0. The lowest BCUT2D eigenvalue weighted by atomic mass is 10.1. The highest BCUT2D eigenvalue weighted by atomic mass is 16.6. The van der Waals surface area contributed by atoms with E-state index in [0.29, 0.717) is 0 Å². The Bertz CT molecular complexity index is 386. The summed E-state index contributed by atoms with van der Waals surface area (Å²) in [5.41, 5.74) is -2.90. The molecule has 1 amide bonds. The summed E-state index contributed by atoms with van der Waals surface area (Å²) in [6, 6.07) is 0. The Morgan fingerprint density at radius 1 is 1.24 bits per heavy atom. The molecule has 0 aromatic heterocycles. The van der Waals surface area contributed by atoms with Crippen molar-refractivity contribution in [2.75, 3.05) is 26.4 Å². The van der Waals surface area contributed by atoms with Crippen molar-refractivity contribution in [3.8, 4) is 0 Å². The summed E-state index contributed by atoms with van der Waals surface area (Å²) < 4.78 is 9.43. The van der Waals surface area contributed by atoms with Crippen LogP contribution in [0.1, 0.15) is 20.8 Å². The zero-order chi connectivity index (χ0) is 16.7. The van der Waals surface area contributed by atoms with Gasteiger partial charge in [-0.1, -0.05) is 0 Å². The van der Waals surface area contributed by atoms with E-state index in [1.54, 1.807) is 20.8 Å². The van der Waals surface area contributed by atoms with E-state index in [9.17, 15) is 19.7 Å². The van der Waals surface area contributed by atoms with Crippen molar-refractivity contribution in [3.05, 3.63) is 10.1 Å². The molecule has 21 heavy (non-hydrogen) atoms. The number of amides is 1. The number of esters is 1. The van der Waals surface area contributed by atoms with Crippen LogP contribution in [0.5, 0.6) is 0 Å². The Morgan fingerprint density at radius 2 is 1.76 bits per heavy atom. The molecule has 122 valence electrons. The van der Waals surface area contributed by atoms with E-state index in [1.165, 1.54) is 0 Å². The van der Waals surface area contributed by atoms with E-state index < -0.39 is 54.5 Å². The number of nitro groups is 1. The first-order valence-corrected chi connectivity index (χ1v) is 6.05. The minimum absolute atomic E-state index is 0.556. The molecule has 0 saturated heterocycles. The minimum Gasteiger partial charge on any atom is -0.457 e. The van der Waals surface area contributed by atoms with Crippen molar-refractivity contribution in [2.24, 2.45) is 0 Å². The van der Waals surface area contributed by atoms with E-state index in [0.717, 1.165) is 0 Å². The second-order valence-corrected chi connectivity index (χ2v) is 5.31. The predicted octanol–water partition coefficient (Wildman–Crippen LogP) is -0.946. The summed E-state index contributed by atoms with van der Waals surface area (Å²) in [6.45, 7) is 1.55. The van der Waals surface area contributed by atoms with Crippen LogP contribution in [0, 0.1) is 10.1 Å². The van der Waals surface area contributed by atoms with Crippen LogP contribution in [-0.2, 0) is 14.3 Å². The third-order valence-electron chi connectivity index (χ3n) is 2.25. The van der Waals surface area contributed by atoms with Gasteiger partial charge in [0.2, 0.25) is 0 Å². The van der Waals surface area contributed by atoms with Crippen LogP contribution >= 0.6 is 0 Å². The summed E-state index contributed by atoms with van der Waals surface area (Å²) in [5.74, 6) is -0.964. The highest BCUT2D eigenvalue weighted by Gasteiger charge is 2.43. The van der Waals surface area contributed by atoms with Crippen LogP contribution in [0.4, 0.5) is 4.79 Å². The van der Waals surface area contributed by atoms with Crippen molar-refractivity contribution in [1.29, 1.82) is 0 Å². The molecule has 0 spiro atoms. The van der Waals surface area contributed by atoms with Gasteiger partial charge in [-0.2, -0.15) is 0 Å². The molecule has 0 unspecified atom stereocenters. The molecule has 0 fully saturated rings. The SMILES string of the molecule is CC(C)(C)OC(=O)NCC(=O)OCC(CO)(CO)[N+](=O)[O-]. The van der Waals surface area contributed by atoms with Crippen molar-refractivity contribution < 1.29 is 34.2 Å². The van der Waals surface area contributed by atoms with E-state index in [4.69, 9.17) is 14.9 Å². The average Bonchev–Trinajstić information content (AvgIpc) is 2.35. The van der Waals surface area contributed by atoms with E-state index >= 15 is 0 Å². The molecule has 0 aliphatic heterocycles. The smallest absolute Gasteiger partial charge is 0.408 e. The molecule has 0 saturated carbocycles. The quantitative estimate of drug-likeness (QED) is 0.310. The fraction of sp³-hybridized carbons (Fsp3) is 0.818. The number of alkyl carbamates (subject to hydrolysis) is 1. The summed E-state index contributed by atoms with van der Waals surface area (Å²) >= 11 is 0. The lowest BCUT2D eigenvalue weighted by Gasteiger charge is -2.21. The maximum atomic E-state index is 11.3. The number of aliphatic hydroxyl groups is 2. The molecule has 0 aliphatic rings. The van der Waals surface area contributed by atoms with Gasteiger partial charge in [-0.3, -0.25) is 14.9 Å². The molecule has 0 radical (unpaired) electrons. The van der Waals surface area contributed by atoms with Crippen LogP contribution in [0.3, 0.4) is 0 Å². The summed E-state index contributed by atoms with van der Waals surface area (Å²) in [6.07, 6.45) is -0.843. The Hall–Kier alpha value is -1.94. The van der Waals surface area contributed by atoms with E-state index in [1.807, 2.05) is 0 Å². The van der Waals surface area contributed by atoms with Gasteiger partial charge in [0, 0.05) is 4.92 Å². The number of carbonyl (C=O) groups excluding carboxylic acids is 2. The highest BCUT2D eigenvalue weighted by molar-refractivity contribution is 5.78. The minimum atomic E-state index is -2.17. The number of aliphatic hydroxyl groups excluding tert-OH is 2. The maximum absolute atomic E-state index is 11.3. The van der Waals surface area contributed by atoms with Gasteiger partial charge in [0.25, 0.3) is 5.54 Å². The largest absolute Gasteiger partial charge is 0.457 e. The van der Waals surface area contributed by atoms with Gasteiger partial charge in [0.1, 0.15) is 25.4 Å². The lowest BCUT2D eigenvalue weighted by molar-refractivity contribution is -0.580. The third-order valence-corrected chi connectivity index (χ3v) is 2.25. The van der Waals surface area contributed by atoms with Gasteiger partial charge >= 0.3 is 12.1 Å². The Kier molecular flexibility index (Phi) is 7.02. The molecular formula is C11H20N2O8. The normalized spacial score (nSPS) is 11.7. The second-order valence-electron chi connectivity index (χ2n) is 5.31. The average molecular weight is 308 g/mol. The van der Waals surface area contributed by atoms with Gasteiger partial charge in [-0.25, -0.2) is 4.79 Å². The Balaban J connectivity index is 4.27. The van der Waals surface area contributed by atoms with Crippen LogP contribution in [0.2, 0.25) is 0 Å². The molecule has 10 heteroatoms. The van der Waals surface area contributed by atoms with Gasteiger partial charge in [0.15, 0.2) is 6.61 Å². The first kappa shape index (κ1) is 19.1. The molecular weight excluding hydrogens is 288 g/mol. The molecule has 0 bridgehead atoms. The topological polar surface area (TPSA) is 148 Å². The number of rotatable bonds is 7. The zero-order valence-electron chi connectivity index (χ0n) is 12.1. The standard InChI is InChI=1S/C11H20N2O8/c1-10(2,3)21-9(17)12-4-8(16)20-7-11(5-14,6-15)13(18)19/h14-15H,4-7H2,1-3H3,(H,12,17). The molecule has 0 atom stereocenters. The second kappa shape index (κ2) is 7.74. The first-order chi connectivity index (χ1) is 9.56. The highest BCUT2D eigenvalue weighted by Crippen LogP contribution is 2.09. The molecule has 0 aromatic carbocycles. The zero-order valence-corrected chi connectivity index (χ0v) is 12.1. The van der Waals surface area contributed by atoms with Crippen molar-refractivity contribution in [3.63, 3.8) is 0 Å². The third kappa shape index (κ3) is 6.86. The van der Waals surface area contributed by atoms with Gasteiger partial charge < -0.3 is 25.0 Å².